The van der Waals surface area contributed by atoms with E-state index in [0.29, 0.717) is 17.3 Å². The Morgan fingerprint density at radius 2 is 2.12 bits per heavy atom. The van der Waals surface area contributed by atoms with Crippen LogP contribution < -0.4 is 10.1 Å². The van der Waals surface area contributed by atoms with E-state index < -0.39 is 0 Å². The molecular formula is C13H19ClN2O. The van der Waals surface area contributed by atoms with Crippen LogP contribution in [0.15, 0.2) is 18.2 Å². The third-order valence-electron chi connectivity index (χ3n) is 3.22. The summed E-state index contributed by atoms with van der Waals surface area (Å²) >= 11 is 6.08. The van der Waals surface area contributed by atoms with Gasteiger partial charge in [-0.1, -0.05) is 6.07 Å². The second kappa shape index (κ2) is 6.22. The zero-order valence-electron chi connectivity index (χ0n) is 10.2. The molecule has 0 bridgehead atoms. The van der Waals surface area contributed by atoms with E-state index in [-0.39, 0.29) is 0 Å². The fourth-order valence-electron chi connectivity index (χ4n) is 2.18. The highest BCUT2D eigenvalue weighted by Gasteiger charge is 2.18. The van der Waals surface area contributed by atoms with Crippen molar-refractivity contribution in [3.05, 3.63) is 23.9 Å². The van der Waals surface area contributed by atoms with Gasteiger partial charge in [0.15, 0.2) is 0 Å². The molecule has 0 saturated heterocycles. The van der Waals surface area contributed by atoms with Crippen molar-refractivity contribution < 1.29 is 4.74 Å². The second-order valence-corrected chi connectivity index (χ2v) is 5.12. The molecule has 0 unspecified atom stereocenters. The SMILES string of the molecule is COc1cccc(CNC2CCC(Cl)CC2)n1. The highest BCUT2D eigenvalue weighted by molar-refractivity contribution is 6.20. The fourth-order valence-corrected chi connectivity index (χ4v) is 2.43. The molecule has 0 aliphatic heterocycles. The number of halogens is 1. The largest absolute Gasteiger partial charge is 0.481 e. The molecule has 1 aliphatic rings. The first-order valence-corrected chi connectivity index (χ1v) is 6.59. The van der Waals surface area contributed by atoms with Gasteiger partial charge in [-0.2, -0.15) is 0 Å². The average Bonchev–Trinajstić information content (AvgIpc) is 2.38. The van der Waals surface area contributed by atoms with Crippen LogP contribution in [0.25, 0.3) is 0 Å². The maximum absolute atomic E-state index is 6.08. The van der Waals surface area contributed by atoms with Crippen LogP contribution >= 0.6 is 11.6 Å². The van der Waals surface area contributed by atoms with Crippen LogP contribution in [-0.4, -0.2) is 23.5 Å². The molecule has 1 fully saturated rings. The van der Waals surface area contributed by atoms with E-state index in [0.717, 1.165) is 37.9 Å². The Bertz CT molecular complexity index is 351. The lowest BCUT2D eigenvalue weighted by atomic mass is 9.95. The molecule has 94 valence electrons. The van der Waals surface area contributed by atoms with E-state index in [2.05, 4.69) is 10.3 Å². The van der Waals surface area contributed by atoms with Crippen LogP contribution in [-0.2, 0) is 6.54 Å². The van der Waals surface area contributed by atoms with Crippen LogP contribution in [0.1, 0.15) is 31.4 Å². The number of pyridine rings is 1. The van der Waals surface area contributed by atoms with Gasteiger partial charge in [0, 0.05) is 24.0 Å². The van der Waals surface area contributed by atoms with Crippen LogP contribution in [0.4, 0.5) is 0 Å². The summed E-state index contributed by atoms with van der Waals surface area (Å²) in [6.07, 6.45) is 4.56. The number of nitrogens with zero attached hydrogens (tertiary/aromatic N) is 1. The number of hydrogen-bond acceptors (Lipinski definition) is 3. The van der Waals surface area contributed by atoms with Gasteiger partial charge in [0.1, 0.15) is 0 Å². The molecule has 1 saturated carbocycles. The van der Waals surface area contributed by atoms with Crippen LogP contribution in [0, 0.1) is 0 Å². The Morgan fingerprint density at radius 3 is 2.82 bits per heavy atom. The Balaban J connectivity index is 1.81. The molecule has 2 rings (SSSR count). The maximum atomic E-state index is 6.08. The number of rotatable bonds is 4. The molecular weight excluding hydrogens is 236 g/mol. The molecule has 1 N–H and O–H groups in total. The minimum Gasteiger partial charge on any atom is -0.481 e. The van der Waals surface area contributed by atoms with E-state index in [4.69, 9.17) is 16.3 Å². The molecule has 1 heterocycles. The van der Waals surface area contributed by atoms with Gasteiger partial charge >= 0.3 is 0 Å². The van der Waals surface area contributed by atoms with Gasteiger partial charge in [0.2, 0.25) is 5.88 Å². The summed E-state index contributed by atoms with van der Waals surface area (Å²) in [5, 5.41) is 3.91. The van der Waals surface area contributed by atoms with Gasteiger partial charge in [-0.15, -0.1) is 11.6 Å². The lowest BCUT2D eigenvalue weighted by Gasteiger charge is -2.25. The Hall–Kier alpha value is -0.800. The third kappa shape index (κ3) is 3.86. The Labute approximate surface area is 108 Å². The summed E-state index contributed by atoms with van der Waals surface area (Å²) in [7, 11) is 1.64. The smallest absolute Gasteiger partial charge is 0.213 e. The van der Waals surface area contributed by atoms with Gasteiger partial charge < -0.3 is 10.1 Å². The standard InChI is InChI=1S/C13H19ClN2O/c1-17-13-4-2-3-12(16-13)9-15-11-7-5-10(14)6-8-11/h2-4,10-11,15H,5-9H2,1H3. The summed E-state index contributed by atoms with van der Waals surface area (Å²) in [4.78, 5) is 4.38. The lowest BCUT2D eigenvalue weighted by Crippen LogP contribution is -2.33. The molecule has 3 nitrogen and oxygen atoms in total. The first kappa shape index (κ1) is 12.7. The first-order valence-electron chi connectivity index (χ1n) is 6.15. The van der Waals surface area contributed by atoms with E-state index in [1.807, 2.05) is 18.2 Å². The number of aromatic nitrogens is 1. The van der Waals surface area contributed by atoms with Gasteiger partial charge in [-0.25, -0.2) is 4.98 Å². The van der Waals surface area contributed by atoms with Crippen molar-refractivity contribution in [2.24, 2.45) is 0 Å². The fraction of sp³-hybridized carbons (Fsp3) is 0.615. The van der Waals surface area contributed by atoms with Gasteiger partial charge in [-0.3, -0.25) is 0 Å². The highest BCUT2D eigenvalue weighted by Crippen LogP contribution is 2.22. The van der Waals surface area contributed by atoms with Crippen LogP contribution in [0.3, 0.4) is 0 Å². The molecule has 17 heavy (non-hydrogen) atoms. The third-order valence-corrected chi connectivity index (χ3v) is 3.66. The Morgan fingerprint density at radius 1 is 1.35 bits per heavy atom. The van der Waals surface area contributed by atoms with Crippen LogP contribution in [0.2, 0.25) is 0 Å². The number of nitrogens with one attached hydrogen (secondary N) is 1. The van der Waals surface area contributed by atoms with Crippen molar-refractivity contribution in [1.82, 2.24) is 10.3 Å². The molecule has 0 radical (unpaired) electrons. The number of methoxy groups -OCH3 is 1. The molecule has 4 heteroatoms. The second-order valence-electron chi connectivity index (χ2n) is 4.50. The van der Waals surface area contributed by atoms with Crippen molar-refractivity contribution in [3.63, 3.8) is 0 Å². The predicted molar refractivity (Wildman–Crippen MR) is 69.5 cm³/mol. The van der Waals surface area contributed by atoms with Gasteiger partial charge in [-0.05, 0) is 31.7 Å². The number of ether oxygens (including phenoxy) is 1. The van der Waals surface area contributed by atoms with Crippen molar-refractivity contribution in [2.45, 2.75) is 43.6 Å². The van der Waals surface area contributed by atoms with E-state index in [1.54, 1.807) is 7.11 Å². The van der Waals surface area contributed by atoms with E-state index in [1.165, 1.54) is 0 Å². The molecule has 1 aromatic heterocycles. The van der Waals surface area contributed by atoms with Crippen LogP contribution in [0.5, 0.6) is 5.88 Å². The number of hydrogen-bond donors (Lipinski definition) is 1. The summed E-state index contributed by atoms with van der Waals surface area (Å²) in [6, 6.07) is 6.43. The first-order chi connectivity index (χ1) is 8.28. The summed E-state index contributed by atoms with van der Waals surface area (Å²) in [5.41, 5.74) is 1.03. The normalized spacial score (nSPS) is 24.6. The quantitative estimate of drug-likeness (QED) is 0.839. The summed E-state index contributed by atoms with van der Waals surface area (Å²) in [5.74, 6) is 0.675. The molecule has 0 spiro atoms. The molecule has 0 atom stereocenters. The van der Waals surface area contributed by atoms with E-state index in [9.17, 15) is 0 Å². The monoisotopic (exact) mass is 254 g/mol. The maximum Gasteiger partial charge on any atom is 0.213 e. The zero-order chi connectivity index (χ0) is 12.1. The summed E-state index contributed by atoms with van der Waals surface area (Å²) in [6.45, 7) is 0.800. The zero-order valence-corrected chi connectivity index (χ0v) is 10.9. The van der Waals surface area contributed by atoms with Gasteiger partial charge in [0.05, 0.1) is 12.8 Å². The predicted octanol–water partition coefficient (Wildman–Crippen LogP) is 2.73. The van der Waals surface area contributed by atoms with Crippen molar-refractivity contribution in [1.29, 1.82) is 0 Å². The van der Waals surface area contributed by atoms with E-state index >= 15 is 0 Å². The minimum atomic E-state index is 0.378. The van der Waals surface area contributed by atoms with Crippen molar-refractivity contribution >= 4 is 11.6 Å². The molecule has 1 aliphatic carbocycles. The lowest BCUT2D eigenvalue weighted by molar-refractivity contribution is 0.370. The highest BCUT2D eigenvalue weighted by atomic mass is 35.5. The molecule has 0 amide bonds. The molecule has 0 aromatic carbocycles. The number of alkyl halides is 1. The van der Waals surface area contributed by atoms with Gasteiger partial charge in [0.25, 0.3) is 0 Å². The molecule has 1 aromatic rings. The summed E-state index contributed by atoms with van der Waals surface area (Å²) < 4.78 is 5.10. The topological polar surface area (TPSA) is 34.1 Å². The minimum absolute atomic E-state index is 0.378. The van der Waals surface area contributed by atoms with Crippen molar-refractivity contribution in [2.75, 3.05) is 7.11 Å². The Kier molecular flexibility index (Phi) is 4.63. The van der Waals surface area contributed by atoms with Crippen molar-refractivity contribution in [3.8, 4) is 5.88 Å². The average molecular weight is 255 g/mol.